The number of hydrogen-bond donors (Lipinski definition) is 0. The van der Waals surface area contributed by atoms with Crippen molar-refractivity contribution in [2.75, 3.05) is 7.11 Å². The normalized spacial score (nSPS) is 13.5. The predicted molar refractivity (Wildman–Crippen MR) is 75.8 cm³/mol. The molecule has 0 saturated heterocycles. The molecule has 0 saturated carbocycles. The number of carbonyl (C=O) groups excluding carboxylic acids is 1. The Hall–Kier alpha value is -2.09. The van der Waals surface area contributed by atoms with Gasteiger partial charge in [-0.3, -0.25) is 4.79 Å². The number of aryl methyl sites for hydroxylation is 1. The highest BCUT2D eigenvalue weighted by Gasteiger charge is 2.23. The summed E-state index contributed by atoms with van der Waals surface area (Å²) in [7, 11) is 1.68. The maximum Gasteiger partial charge on any atom is 0.163 e. The Bertz CT molecular complexity index is 656. The van der Waals surface area contributed by atoms with Gasteiger partial charge >= 0.3 is 0 Å². The summed E-state index contributed by atoms with van der Waals surface area (Å²) in [5.74, 6) is 1.11. The zero-order valence-electron chi connectivity index (χ0n) is 11.2. The Kier molecular flexibility index (Phi) is 2.86. The van der Waals surface area contributed by atoms with Gasteiger partial charge in [0, 0.05) is 17.5 Å². The Morgan fingerprint density at radius 3 is 2.58 bits per heavy atom. The molecule has 1 aliphatic rings. The number of rotatable bonds is 2. The molecule has 2 aromatic rings. The van der Waals surface area contributed by atoms with Crippen molar-refractivity contribution in [2.24, 2.45) is 0 Å². The maximum atomic E-state index is 11.8. The van der Waals surface area contributed by atoms with Crippen LogP contribution < -0.4 is 4.74 Å². The van der Waals surface area contributed by atoms with Crippen LogP contribution in [0.2, 0.25) is 0 Å². The third kappa shape index (κ3) is 1.93. The number of hydrogen-bond acceptors (Lipinski definition) is 2. The van der Waals surface area contributed by atoms with Crippen LogP contribution in [0.25, 0.3) is 11.1 Å². The summed E-state index contributed by atoms with van der Waals surface area (Å²) in [5, 5.41) is 0. The third-order valence-corrected chi connectivity index (χ3v) is 3.72. The van der Waals surface area contributed by atoms with Crippen LogP contribution in [0.15, 0.2) is 36.4 Å². The Labute approximate surface area is 113 Å². The molecule has 0 atom stereocenters. The van der Waals surface area contributed by atoms with Gasteiger partial charge < -0.3 is 4.74 Å². The average Bonchev–Trinajstić information content (AvgIpc) is 2.81. The van der Waals surface area contributed by atoms with E-state index in [9.17, 15) is 4.79 Å². The quantitative estimate of drug-likeness (QED) is 0.812. The van der Waals surface area contributed by atoms with Crippen molar-refractivity contribution in [2.45, 2.75) is 19.8 Å². The van der Waals surface area contributed by atoms with Crippen molar-refractivity contribution in [1.82, 2.24) is 0 Å². The summed E-state index contributed by atoms with van der Waals surface area (Å²) in [6, 6.07) is 12.1. The summed E-state index contributed by atoms with van der Waals surface area (Å²) < 4.78 is 5.46. The van der Waals surface area contributed by atoms with Crippen LogP contribution in [0.1, 0.15) is 27.9 Å². The fourth-order valence-electron chi connectivity index (χ4n) is 2.78. The maximum absolute atomic E-state index is 11.8. The molecule has 2 heteroatoms. The zero-order chi connectivity index (χ0) is 13.4. The molecule has 0 unspecified atom stereocenters. The summed E-state index contributed by atoms with van der Waals surface area (Å²) in [6.07, 6.45) is 1.46. The number of ether oxygens (including phenoxy) is 1. The topological polar surface area (TPSA) is 26.3 Å². The number of fused-ring (bicyclic) bond motifs is 1. The van der Waals surface area contributed by atoms with Crippen LogP contribution in [0.3, 0.4) is 0 Å². The monoisotopic (exact) mass is 252 g/mol. The van der Waals surface area contributed by atoms with Crippen LogP contribution in [0.4, 0.5) is 0 Å². The largest absolute Gasteiger partial charge is 0.496 e. The average molecular weight is 252 g/mol. The number of benzene rings is 2. The molecule has 19 heavy (non-hydrogen) atoms. The van der Waals surface area contributed by atoms with E-state index in [2.05, 4.69) is 19.1 Å². The van der Waals surface area contributed by atoms with E-state index < -0.39 is 0 Å². The standard InChI is InChI=1S/C17H16O2/c1-11-6-9-17(19-2)15(10-11)12-4-3-5-14-13(12)7-8-16(14)18/h3-6,9-10H,7-8H2,1-2H3. The van der Waals surface area contributed by atoms with Crippen molar-refractivity contribution in [3.63, 3.8) is 0 Å². The first-order valence-corrected chi connectivity index (χ1v) is 6.51. The van der Waals surface area contributed by atoms with E-state index in [-0.39, 0.29) is 5.78 Å². The second-order valence-electron chi connectivity index (χ2n) is 4.96. The second kappa shape index (κ2) is 4.54. The van der Waals surface area contributed by atoms with Gasteiger partial charge in [0.2, 0.25) is 0 Å². The minimum absolute atomic E-state index is 0.253. The molecule has 3 rings (SSSR count). The van der Waals surface area contributed by atoms with E-state index in [4.69, 9.17) is 4.74 Å². The Morgan fingerprint density at radius 1 is 1.00 bits per heavy atom. The molecular weight excluding hydrogens is 236 g/mol. The molecule has 0 bridgehead atoms. The SMILES string of the molecule is COc1ccc(C)cc1-c1cccc2c1CCC2=O. The Balaban J connectivity index is 2.24. The van der Waals surface area contributed by atoms with Gasteiger partial charge in [-0.1, -0.05) is 29.8 Å². The first kappa shape index (κ1) is 12.0. The van der Waals surface area contributed by atoms with Gasteiger partial charge in [-0.25, -0.2) is 0 Å². The summed E-state index contributed by atoms with van der Waals surface area (Å²) in [4.78, 5) is 11.8. The molecule has 0 amide bonds. The van der Waals surface area contributed by atoms with E-state index in [0.29, 0.717) is 6.42 Å². The summed E-state index contributed by atoms with van der Waals surface area (Å²) in [5.41, 5.74) is 5.44. The van der Waals surface area contributed by atoms with Gasteiger partial charge in [0.25, 0.3) is 0 Å². The van der Waals surface area contributed by atoms with E-state index >= 15 is 0 Å². The zero-order valence-corrected chi connectivity index (χ0v) is 11.2. The molecule has 0 heterocycles. The lowest BCUT2D eigenvalue weighted by Crippen LogP contribution is -1.94. The fraction of sp³-hybridized carbons (Fsp3) is 0.235. The van der Waals surface area contributed by atoms with Crippen molar-refractivity contribution in [3.05, 3.63) is 53.1 Å². The van der Waals surface area contributed by atoms with Crippen molar-refractivity contribution >= 4 is 5.78 Å². The lowest BCUT2D eigenvalue weighted by Gasteiger charge is -2.13. The van der Waals surface area contributed by atoms with Crippen molar-refractivity contribution in [3.8, 4) is 16.9 Å². The molecular formula is C17H16O2. The second-order valence-corrected chi connectivity index (χ2v) is 4.96. The highest BCUT2D eigenvalue weighted by atomic mass is 16.5. The summed E-state index contributed by atoms with van der Waals surface area (Å²) in [6.45, 7) is 2.07. The highest BCUT2D eigenvalue weighted by Crippen LogP contribution is 2.37. The van der Waals surface area contributed by atoms with Gasteiger partial charge in [0.05, 0.1) is 7.11 Å². The van der Waals surface area contributed by atoms with Crippen LogP contribution in [-0.4, -0.2) is 12.9 Å². The van der Waals surface area contributed by atoms with Crippen molar-refractivity contribution in [1.29, 1.82) is 0 Å². The molecule has 0 fully saturated rings. The number of ketones is 1. The van der Waals surface area contributed by atoms with Crippen LogP contribution in [0.5, 0.6) is 5.75 Å². The van der Waals surface area contributed by atoms with Crippen LogP contribution in [-0.2, 0) is 6.42 Å². The molecule has 96 valence electrons. The molecule has 0 aliphatic heterocycles. The molecule has 2 nitrogen and oxygen atoms in total. The van der Waals surface area contributed by atoms with E-state index in [1.807, 2.05) is 24.3 Å². The van der Waals surface area contributed by atoms with E-state index in [1.54, 1.807) is 7.11 Å². The number of Topliss-reactive ketones (excluding diaryl/α,β-unsaturated/α-hetero) is 1. The van der Waals surface area contributed by atoms with E-state index in [1.165, 1.54) is 5.56 Å². The first-order valence-electron chi connectivity index (χ1n) is 6.51. The summed E-state index contributed by atoms with van der Waals surface area (Å²) >= 11 is 0. The first-order chi connectivity index (χ1) is 9.20. The van der Waals surface area contributed by atoms with Crippen LogP contribution in [0, 0.1) is 6.92 Å². The fourth-order valence-corrected chi connectivity index (χ4v) is 2.78. The van der Waals surface area contributed by atoms with Gasteiger partial charge in [0.1, 0.15) is 5.75 Å². The van der Waals surface area contributed by atoms with Crippen LogP contribution >= 0.6 is 0 Å². The van der Waals surface area contributed by atoms with Gasteiger partial charge in [-0.15, -0.1) is 0 Å². The minimum atomic E-state index is 0.253. The lowest BCUT2D eigenvalue weighted by molar-refractivity contribution is 0.0994. The Morgan fingerprint density at radius 2 is 1.79 bits per heavy atom. The minimum Gasteiger partial charge on any atom is -0.496 e. The van der Waals surface area contributed by atoms with E-state index in [0.717, 1.165) is 34.4 Å². The molecule has 0 radical (unpaired) electrons. The van der Waals surface area contributed by atoms with Gasteiger partial charge in [-0.05, 0) is 36.6 Å². The molecule has 1 aliphatic carbocycles. The smallest absolute Gasteiger partial charge is 0.163 e. The predicted octanol–water partition coefficient (Wildman–Crippen LogP) is 3.80. The van der Waals surface area contributed by atoms with Gasteiger partial charge in [0.15, 0.2) is 5.78 Å². The number of methoxy groups -OCH3 is 1. The lowest BCUT2D eigenvalue weighted by atomic mass is 9.95. The molecule has 2 aromatic carbocycles. The highest BCUT2D eigenvalue weighted by molar-refractivity contribution is 6.02. The molecule has 0 spiro atoms. The molecule has 0 aromatic heterocycles. The number of carbonyl (C=O) groups is 1. The third-order valence-electron chi connectivity index (χ3n) is 3.72. The molecule has 0 N–H and O–H groups in total. The van der Waals surface area contributed by atoms with Gasteiger partial charge in [-0.2, -0.15) is 0 Å². The van der Waals surface area contributed by atoms with Crippen molar-refractivity contribution < 1.29 is 9.53 Å².